The Bertz CT molecular complexity index is 915. The zero-order chi connectivity index (χ0) is 19.9. The smallest absolute Gasteiger partial charge is 0.257 e. The molecular weight excluding hydrogens is 403 g/mol. The molecule has 4 nitrogen and oxygen atoms in total. The minimum Gasteiger partial charge on any atom is -0.365 e. The number of anilines is 1. The molecule has 1 aromatic carbocycles. The average Bonchev–Trinajstić information content (AvgIpc) is 2.93. The molecule has 27 heavy (non-hydrogen) atoms. The summed E-state index contributed by atoms with van der Waals surface area (Å²) in [7, 11) is 0. The molecule has 0 bridgehead atoms. The first-order chi connectivity index (χ1) is 12.6. The van der Waals surface area contributed by atoms with Crippen molar-refractivity contribution in [2.45, 2.75) is 40.0 Å². The van der Waals surface area contributed by atoms with E-state index in [2.05, 4.69) is 26.1 Å². The maximum atomic E-state index is 12.7. The van der Waals surface area contributed by atoms with Crippen LogP contribution in [0, 0.1) is 11.3 Å². The second-order valence-electron chi connectivity index (χ2n) is 7.96. The van der Waals surface area contributed by atoms with E-state index in [0.29, 0.717) is 26.5 Å². The van der Waals surface area contributed by atoms with E-state index >= 15 is 0 Å². The van der Waals surface area contributed by atoms with Crippen LogP contribution in [0.3, 0.4) is 0 Å². The fraction of sp³-hybridized carbons (Fsp3) is 0.400. The second-order valence-corrected chi connectivity index (χ2v) is 9.91. The largest absolute Gasteiger partial charge is 0.365 e. The summed E-state index contributed by atoms with van der Waals surface area (Å²) < 4.78 is 0. The van der Waals surface area contributed by atoms with E-state index in [9.17, 15) is 9.59 Å². The van der Waals surface area contributed by atoms with Gasteiger partial charge in [-0.05, 0) is 54.4 Å². The number of hydrogen-bond donors (Lipinski definition) is 2. The highest BCUT2D eigenvalue weighted by molar-refractivity contribution is 7.17. The zero-order valence-electron chi connectivity index (χ0n) is 15.5. The lowest BCUT2D eigenvalue weighted by Crippen LogP contribution is -2.27. The Labute approximate surface area is 173 Å². The minimum absolute atomic E-state index is 0.187. The van der Waals surface area contributed by atoms with Crippen LogP contribution in [0.25, 0.3) is 0 Å². The van der Waals surface area contributed by atoms with E-state index in [1.54, 1.807) is 12.1 Å². The molecule has 0 aliphatic heterocycles. The lowest BCUT2D eigenvalue weighted by molar-refractivity contribution is 0.1000. The van der Waals surface area contributed by atoms with Gasteiger partial charge in [0.2, 0.25) is 0 Å². The SMILES string of the molecule is CC(C)(C)C1CCc2c(sc(NC(=O)c3cc(Cl)ccc3Cl)c2C(N)=O)C1. The van der Waals surface area contributed by atoms with Gasteiger partial charge in [0.05, 0.1) is 16.1 Å². The third-order valence-electron chi connectivity index (χ3n) is 5.14. The first kappa shape index (κ1) is 20.2. The molecule has 0 radical (unpaired) electrons. The van der Waals surface area contributed by atoms with Crippen LogP contribution in [-0.4, -0.2) is 11.8 Å². The molecule has 2 aromatic rings. The molecule has 1 aliphatic rings. The lowest BCUT2D eigenvalue weighted by Gasteiger charge is -2.33. The average molecular weight is 425 g/mol. The normalized spacial score (nSPS) is 16.7. The summed E-state index contributed by atoms with van der Waals surface area (Å²) >= 11 is 13.5. The van der Waals surface area contributed by atoms with Gasteiger partial charge in [0, 0.05) is 9.90 Å². The standard InChI is InChI=1S/C20H22Cl2N2O2S/c1-20(2,3)10-4-6-12-15(8-10)27-19(16(12)17(23)25)24-18(26)13-9-11(21)5-7-14(13)22/h5,7,9-10H,4,6,8H2,1-3H3,(H2,23,25)(H,24,26). The molecule has 0 spiro atoms. The van der Waals surface area contributed by atoms with E-state index in [-0.39, 0.29) is 11.0 Å². The first-order valence-corrected chi connectivity index (χ1v) is 10.4. The maximum absolute atomic E-state index is 12.7. The van der Waals surface area contributed by atoms with E-state index in [1.807, 2.05) is 0 Å². The molecule has 7 heteroatoms. The number of carbonyl (C=O) groups excluding carboxylic acids is 2. The Morgan fingerprint density at radius 2 is 1.96 bits per heavy atom. The predicted molar refractivity (Wildman–Crippen MR) is 112 cm³/mol. The highest BCUT2D eigenvalue weighted by atomic mass is 35.5. The monoisotopic (exact) mass is 424 g/mol. The number of primary amides is 1. The van der Waals surface area contributed by atoms with E-state index in [1.165, 1.54) is 17.4 Å². The van der Waals surface area contributed by atoms with Gasteiger partial charge in [-0.2, -0.15) is 0 Å². The summed E-state index contributed by atoms with van der Waals surface area (Å²) in [6.45, 7) is 6.69. The quantitative estimate of drug-likeness (QED) is 0.676. The van der Waals surface area contributed by atoms with Gasteiger partial charge in [0.1, 0.15) is 5.00 Å². The van der Waals surface area contributed by atoms with Crippen molar-refractivity contribution in [3.05, 3.63) is 49.8 Å². The van der Waals surface area contributed by atoms with Crippen molar-refractivity contribution in [2.75, 3.05) is 5.32 Å². The third kappa shape index (κ3) is 4.15. The van der Waals surface area contributed by atoms with Crippen molar-refractivity contribution in [3.8, 4) is 0 Å². The number of rotatable bonds is 3. The van der Waals surface area contributed by atoms with Crippen LogP contribution in [-0.2, 0) is 12.8 Å². The number of carbonyl (C=O) groups is 2. The van der Waals surface area contributed by atoms with Crippen molar-refractivity contribution in [1.29, 1.82) is 0 Å². The molecule has 1 aromatic heterocycles. The van der Waals surface area contributed by atoms with E-state index in [0.717, 1.165) is 29.7 Å². The molecule has 3 N–H and O–H groups in total. The summed E-state index contributed by atoms with van der Waals surface area (Å²) in [5.74, 6) is -0.402. The molecule has 1 aliphatic carbocycles. The predicted octanol–water partition coefficient (Wildman–Crippen LogP) is 5.56. The Balaban J connectivity index is 1.95. The molecule has 3 rings (SSSR count). The van der Waals surface area contributed by atoms with Crippen LogP contribution in [0.5, 0.6) is 0 Å². The number of halogens is 2. The molecule has 1 heterocycles. The molecule has 1 atom stereocenters. The summed E-state index contributed by atoms with van der Waals surface area (Å²) in [5, 5.41) is 4.02. The molecule has 0 saturated carbocycles. The van der Waals surface area contributed by atoms with Crippen LogP contribution in [0.15, 0.2) is 18.2 Å². The fourth-order valence-corrected chi connectivity index (χ4v) is 5.22. The zero-order valence-corrected chi connectivity index (χ0v) is 17.8. The highest BCUT2D eigenvalue weighted by Gasteiger charge is 2.33. The minimum atomic E-state index is -0.519. The van der Waals surface area contributed by atoms with Crippen LogP contribution < -0.4 is 11.1 Å². The van der Waals surface area contributed by atoms with Gasteiger partial charge in [-0.1, -0.05) is 44.0 Å². The summed E-state index contributed by atoms with van der Waals surface area (Å²) in [6.07, 6.45) is 2.68. The van der Waals surface area contributed by atoms with Gasteiger partial charge in [0.25, 0.3) is 11.8 Å². The summed E-state index contributed by atoms with van der Waals surface area (Å²) in [6, 6.07) is 4.69. The highest BCUT2D eigenvalue weighted by Crippen LogP contribution is 2.44. The Morgan fingerprint density at radius 3 is 2.59 bits per heavy atom. The van der Waals surface area contributed by atoms with Crippen LogP contribution in [0.2, 0.25) is 10.0 Å². The summed E-state index contributed by atoms with van der Waals surface area (Å²) in [5.41, 5.74) is 7.49. The van der Waals surface area contributed by atoms with Gasteiger partial charge in [0.15, 0.2) is 0 Å². The van der Waals surface area contributed by atoms with Crippen molar-refractivity contribution in [1.82, 2.24) is 0 Å². The molecular formula is C20H22Cl2N2O2S. The van der Waals surface area contributed by atoms with Crippen LogP contribution >= 0.6 is 34.5 Å². The fourth-order valence-electron chi connectivity index (χ4n) is 3.52. The van der Waals surface area contributed by atoms with Gasteiger partial charge in [-0.3, -0.25) is 9.59 Å². The molecule has 144 valence electrons. The molecule has 0 fully saturated rings. The van der Waals surface area contributed by atoms with Gasteiger partial charge in [-0.25, -0.2) is 0 Å². The Kier molecular flexibility index (Phi) is 5.57. The third-order valence-corrected chi connectivity index (χ3v) is 6.87. The summed E-state index contributed by atoms with van der Waals surface area (Å²) in [4.78, 5) is 25.9. The maximum Gasteiger partial charge on any atom is 0.257 e. The number of hydrogen-bond acceptors (Lipinski definition) is 3. The number of nitrogens with two attached hydrogens (primary N) is 1. The van der Waals surface area contributed by atoms with E-state index in [4.69, 9.17) is 28.9 Å². The molecule has 0 saturated heterocycles. The van der Waals surface area contributed by atoms with Gasteiger partial charge in [-0.15, -0.1) is 11.3 Å². The van der Waals surface area contributed by atoms with Gasteiger partial charge >= 0.3 is 0 Å². The van der Waals surface area contributed by atoms with Crippen LogP contribution in [0.4, 0.5) is 5.00 Å². The van der Waals surface area contributed by atoms with Crippen molar-refractivity contribution in [2.24, 2.45) is 17.1 Å². The molecule has 2 amide bonds. The molecule has 1 unspecified atom stereocenters. The van der Waals surface area contributed by atoms with Crippen molar-refractivity contribution < 1.29 is 9.59 Å². The Morgan fingerprint density at radius 1 is 1.26 bits per heavy atom. The van der Waals surface area contributed by atoms with Crippen LogP contribution in [0.1, 0.15) is 58.3 Å². The van der Waals surface area contributed by atoms with Gasteiger partial charge < -0.3 is 11.1 Å². The Hall–Kier alpha value is -1.56. The first-order valence-electron chi connectivity index (χ1n) is 8.78. The van der Waals surface area contributed by atoms with Crippen molar-refractivity contribution >= 4 is 51.4 Å². The second kappa shape index (κ2) is 7.46. The van der Waals surface area contributed by atoms with E-state index < -0.39 is 11.8 Å². The number of fused-ring (bicyclic) bond motifs is 1. The number of nitrogens with one attached hydrogen (secondary N) is 1. The lowest BCUT2D eigenvalue weighted by atomic mass is 9.72. The number of amides is 2. The number of benzene rings is 1. The number of thiophene rings is 1. The topological polar surface area (TPSA) is 72.2 Å². The van der Waals surface area contributed by atoms with Crippen molar-refractivity contribution in [3.63, 3.8) is 0 Å².